The molecule has 2 rings (SSSR count). The minimum absolute atomic E-state index is 0.0274. The Morgan fingerprint density at radius 3 is 2.22 bits per heavy atom. The van der Waals surface area contributed by atoms with Crippen LogP contribution in [0.15, 0.2) is 36.4 Å². The molecule has 0 heterocycles. The molecule has 0 saturated heterocycles. The number of phenolic OH excluding ortho intramolecular Hbond substituents is 1. The van der Waals surface area contributed by atoms with Crippen molar-refractivity contribution in [3.05, 3.63) is 53.1 Å². The molecule has 0 radical (unpaired) electrons. The molecule has 2 aromatic rings. The largest absolute Gasteiger partial charge is 0.507 e. The highest BCUT2D eigenvalue weighted by Gasteiger charge is 2.17. The first kappa shape index (κ1) is 18.8. The van der Waals surface area contributed by atoms with Crippen LogP contribution in [0.3, 0.4) is 0 Å². The highest BCUT2D eigenvalue weighted by molar-refractivity contribution is 5.94. The van der Waals surface area contributed by atoms with Crippen molar-refractivity contribution in [2.24, 2.45) is 0 Å². The van der Waals surface area contributed by atoms with Crippen LogP contribution in [0, 0.1) is 6.92 Å². The van der Waals surface area contributed by atoms with E-state index >= 15 is 0 Å². The first-order valence-corrected chi connectivity index (χ1v) is 8.08. The maximum atomic E-state index is 11.8. The average Bonchev–Trinajstić information content (AvgIpc) is 2.58. The molecule has 0 aromatic heterocycles. The molecule has 3 nitrogen and oxygen atoms in total. The quantitative estimate of drug-likeness (QED) is 0.795. The SMILES string of the molecule is CC.CCCc1cc(-c2ccc(C)cc2)cc(C(=O)OC)c1O. The maximum Gasteiger partial charge on any atom is 0.341 e. The van der Waals surface area contributed by atoms with E-state index in [2.05, 4.69) is 0 Å². The Kier molecular flexibility index (Phi) is 7.33. The number of hydrogen-bond donors (Lipinski definition) is 1. The van der Waals surface area contributed by atoms with Gasteiger partial charge in [0, 0.05) is 0 Å². The van der Waals surface area contributed by atoms with Crippen LogP contribution >= 0.6 is 0 Å². The minimum Gasteiger partial charge on any atom is -0.507 e. The second-order valence-corrected chi connectivity index (χ2v) is 5.14. The van der Waals surface area contributed by atoms with E-state index in [-0.39, 0.29) is 11.3 Å². The Labute approximate surface area is 138 Å². The predicted octanol–water partition coefficient (Wildman–Crippen LogP) is 5.13. The van der Waals surface area contributed by atoms with Gasteiger partial charge >= 0.3 is 5.97 Å². The fourth-order valence-electron chi connectivity index (χ4n) is 2.33. The van der Waals surface area contributed by atoms with Crippen molar-refractivity contribution in [2.45, 2.75) is 40.5 Å². The van der Waals surface area contributed by atoms with Crippen LogP contribution in [-0.2, 0) is 11.2 Å². The number of hydrogen-bond acceptors (Lipinski definition) is 3. The average molecular weight is 314 g/mol. The lowest BCUT2D eigenvalue weighted by Gasteiger charge is -2.12. The molecule has 0 spiro atoms. The van der Waals surface area contributed by atoms with Crippen molar-refractivity contribution in [3.63, 3.8) is 0 Å². The molecule has 23 heavy (non-hydrogen) atoms. The van der Waals surface area contributed by atoms with E-state index in [1.165, 1.54) is 12.7 Å². The van der Waals surface area contributed by atoms with E-state index in [1.807, 2.05) is 58.0 Å². The molecule has 0 saturated carbocycles. The molecule has 0 aliphatic heterocycles. The van der Waals surface area contributed by atoms with Gasteiger partial charge in [0.25, 0.3) is 0 Å². The van der Waals surface area contributed by atoms with E-state index in [4.69, 9.17) is 4.74 Å². The smallest absolute Gasteiger partial charge is 0.341 e. The Morgan fingerprint density at radius 2 is 1.70 bits per heavy atom. The second-order valence-electron chi connectivity index (χ2n) is 5.14. The molecule has 0 fully saturated rings. The summed E-state index contributed by atoms with van der Waals surface area (Å²) in [6.45, 7) is 8.07. The van der Waals surface area contributed by atoms with E-state index in [0.717, 1.165) is 29.5 Å². The van der Waals surface area contributed by atoms with Gasteiger partial charge in [0.05, 0.1) is 7.11 Å². The van der Waals surface area contributed by atoms with E-state index < -0.39 is 5.97 Å². The lowest BCUT2D eigenvalue weighted by molar-refractivity contribution is 0.0597. The van der Waals surface area contributed by atoms with Gasteiger partial charge in [0.2, 0.25) is 0 Å². The molecule has 0 bridgehead atoms. The van der Waals surface area contributed by atoms with Crippen molar-refractivity contribution < 1.29 is 14.6 Å². The standard InChI is InChI=1S/C18H20O3.C2H6/c1-4-5-14-10-15(13-8-6-12(2)7-9-13)11-16(17(14)19)18(20)21-3;1-2/h6-11,19H,4-5H2,1-3H3;1-2H3. The van der Waals surface area contributed by atoms with Gasteiger partial charge in [0.1, 0.15) is 11.3 Å². The van der Waals surface area contributed by atoms with Crippen molar-refractivity contribution >= 4 is 5.97 Å². The number of esters is 1. The normalized spacial score (nSPS) is 9.78. The van der Waals surface area contributed by atoms with E-state index in [1.54, 1.807) is 6.07 Å². The van der Waals surface area contributed by atoms with Crippen LogP contribution in [0.5, 0.6) is 5.75 Å². The number of benzene rings is 2. The highest BCUT2D eigenvalue weighted by Crippen LogP contribution is 2.31. The molecule has 0 amide bonds. The summed E-state index contributed by atoms with van der Waals surface area (Å²) in [6, 6.07) is 11.7. The summed E-state index contributed by atoms with van der Waals surface area (Å²) in [6.07, 6.45) is 1.61. The van der Waals surface area contributed by atoms with Gasteiger partial charge in [-0.1, -0.05) is 57.0 Å². The third-order valence-electron chi connectivity index (χ3n) is 3.50. The summed E-state index contributed by atoms with van der Waals surface area (Å²) in [7, 11) is 1.32. The van der Waals surface area contributed by atoms with Crippen LogP contribution in [0.4, 0.5) is 0 Å². The topological polar surface area (TPSA) is 46.5 Å². The van der Waals surface area contributed by atoms with Gasteiger partial charge in [0.15, 0.2) is 0 Å². The third-order valence-corrected chi connectivity index (χ3v) is 3.50. The van der Waals surface area contributed by atoms with E-state index in [0.29, 0.717) is 0 Å². The molecular formula is C20H26O3. The van der Waals surface area contributed by atoms with Crippen molar-refractivity contribution in [1.82, 2.24) is 0 Å². The van der Waals surface area contributed by atoms with Crippen LogP contribution in [-0.4, -0.2) is 18.2 Å². The fourth-order valence-corrected chi connectivity index (χ4v) is 2.33. The number of carbonyl (C=O) groups is 1. The zero-order valence-electron chi connectivity index (χ0n) is 14.6. The predicted molar refractivity (Wildman–Crippen MR) is 95.0 cm³/mol. The highest BCUT2D eigenvalue weighted by atomic mass is 16.5. The number of carbonyl (C=O) groups excluding carboxylic acids is 1. The van der Waals surface area contributed by atoms with Crippen LogP contribution < -0.4 is 0 Å². The summed E-state index contributed by atoms with van der Waals surface area (Å²) in [4.78, 5) is 11.8. The lowest BCUT2D eigenvalue weighted by atomic mass is 9.96. The van der Waals surface area contributed by atoms with Gasteiger partial charge in [-0.2, -0.15) is 0 Å². The fraction of sp³-hybridized carbons (Fsp3) is 0.350. The zero-order valence-corrected chi connectivity index (χ0v) is 14.6. The number of ether oxygens (including phenoxy) is 1. The monoisotopic (exact) mass is 314 g/mol. The van der Waals surface area contributed by atoms with Crippen LogP contribution in [0.1, 0.15) is 48.7 Å². The van der Waals surface area contributed by atoms with Crippen molar-refractivity contribution in [1.29, 1.82) is 0 Å². The lowest BCUT2D eigenvalue weighted by Crippen LogP contribution is -2.04. The summed E-state index contributed by atoms with van der Waals surface area (Å²) in [5.41, 5.74) is 4.11. The Balaban J connectivity index is 0.00000127. The van der Waals surface area contributed by atoms with Crippen LogP contribution in [0.2, 0.25) is 0 Å². The van der Waals surface area contributed by atoms with Gasteiger partial charge in [-0.15, -0.1) is 0 Å². The van der Waals surface area contributed by atoms with Crippen molar-refractivity contribution in [2.75, 3.05) is 7.11 Å². The molecule has 1 N–H and O–H groups in total. The minimum atomic E-state index is -0.515. The Hall–Kier alpha value is -2.29. The number of aryl methyl sites for hydroxylation is 2. The molecule has 0 atom stereocenters. The Bertz CT molecular complexity index is 643. The maximum absolute atomic E-state index is 11.8. The number of rotatable bonds is 4. The van der Waals surface area contributed by atoms with Gasteiger partial charge in [-0.25, -0.2) is 4.79 Å². The summed E-state index contributed by atoms with van der Waals surface area (Å²) in [5, 5.41) is 10.2. The summed E-state index contributed by atoms with van der Waals surface area (Å²) < 4.78 is 4.76. The first-order valence-electron chi connectivity index (χ1n) is 8.08. The zero-order chi connectivity index (χ0) is 17.4. The van der Waals surface area contributed by atoms with Gasteiger partial charge < -0.3 is 9.84 Å². The number of aromatic hydroxyl groups is 1. The molecular weight excluding hydrogens is 288 g/mol. The van der Waals surface area contributed by atoms with Crippen molar-refractivity contribution in [3.8, 4) is 16.9 Å². The third kappa shape index (κ3) is 4.59. The molecule has 0 aliphatic rings. The van der Waals surface area contributed by atoms with Crippen LogP contribution in [0.25, 0.3) is 11.1 Å². The van der Waals surface area contributed by atoms with Gasteiger partial charge in [-0.3, -0.25) is 0 Å². The molecule has 0 aliphatic carbocycles. The summed E-state index contributed by atoms with van der Waals surface area (Å²) >= 11 is 0. The molecule has 2 aromatic carbocycles. The summed E-state index contributed by atoms with van der Waals surface area (Å²) in [5.74, 6) is -0.488. The molecule has 0 unspecified atom stereocenters. The molecule has 3 heteroatoms. The second kappa shape index (κ2) is 8.99. The van der Waals surface area contributed by atoms with E-state index in [9.17, 15) is 9.90 Å². The number of phenols is 1. The Morgan fingerprint density at radius 1 is 1.09 bits per heavy atom. The first-order chi connectivity index (χ1) is 11.1. The number of methoxy groups -OCH3 is 1. The molecule has 124 valence electrons. The van der Waals surface area contributed by atoms with Gasteiger partial charge in [-0.05, 0) is 42.2 Å².